The third-order valence-corrected chi connectivity index (χ3v) is 6.77. The lowest BCUT2D eigenvalue weighted by Crippen LogP contribution is -2.41. The Labute approximate surface area is 159 Å². The average molecular weight is 385 g/mol. The number of hydrogen-bond acceptors (Lipinski definition) is 3. The van der Waals surface area contributed by atoms with E-state index in [0.29, 0.717) is 24.8 Å². The van der Waals surface area contributed by atoms with Gasteiger partial charge in [-0.05, 0) is 48.9 Å². The fourth-order valence-corrected chi connectivity index (χ4v) is 4.97. The molecule has 2 N–H and O–H groups in total. The van der Waals surface area contributed by atoms with Crippen molar-refractivity contribution in [3.05, 3.63) is 59.9 Å². The van der Waals surface area contributed by atoms with E-state index in [1.54, 1.807) is 6.07 Å². The summed E-state index contributed by atoms with van der Waals surface area (Å²) in [6.45, 7) is 3.01. The van der Waals surface area contributed by atoms with Crippen LogP contribution in [0.5, 0.6) is 0 Å². The lowest BCUT2D eigenvalue weighted by Gasteiger charge is -2.31. The van der Waals surface area contributed by atoms with Crippen LogP contribution < -0.4 is 4.72 Å². The lowest BCUT2D eigenvalue weighted by molar-refractivity contribution is 0.322. The number of benzene rings is 1. The molecule has 0 radical (unpaired) electrons. The van der Waals surface area contributed by atoms with E-state index >= 15 is 0 Å². The number of fused-ring (bicyclic) bond motifs is 1. The summed E-state index contributed by atoms with van der Waals surface area (Å²) in [5.41, 5.74) is 3.28. The molecule has 1 saturated heterocycles. The molecule has 0 atom stereocenters. The molecule has 2 aromatic heterocycles. The molecule has 1 aliphatic heterocycles. The maximum Gasteiger partial charge on any atom is 0.302 e. The number of nitrogens with zero attached hydrogens (tertiary/aromatic N) is 2. The van der Waals surface area contributed by atoms with Crippen LogP contribution in [-0.4, -0.2) is 35.8 Å². The molecule has 0 unspecified atom stereocenters. The highest BCUT2D eigenvalue weighted by molar-refractivity contribution is 7.90. The number of nitrogens with one attached hydrogen (secondary N) is 2. The van der Waals surface area contributed by atoms with Gasteiger partial charge in [-0.2, -0.15) is 12.7 Å². The smallest absolute Gasteiger partial charge is 0.302 e. The molecule has 27 heavy (non-hydrogen) atoms. The number of aromatic amines is 1. The average Bonchev–Trinajstić information content (AvgIpc) is 3.12. The Kier molecular flexibility index (Phi) is 4.88. The minimum Gasteiger partial charge on any atom is -0.361 e. The Balaban J connectivity index is 1.45. The van der Waals surface area contributed by atoms with Gasteiger partial charge >= 0.3 is 10.2 Å². The number of rotatable bonds is 5. The molecule has 3 aromatic rings. The van der Waals surface area contributed by atoms with E-state index in [-0.39, 0.29) is 0 Å². The molecule has 3 heterocycles. The van der Waals surface area contributed by atoms with Gasteiger partial charge in [-0.25, -0.2) is 4.98 Å². The Morgan fingerprint density at radius 2 is 1.93 bits per heavy atom. The van der Waals surface area contributed by atoms with Crippen molar-refractivity contribution in [2.24, 2.45) is 0 Å². The number of pyridine rings is 1. The fraction of sp³-hybridized carbons (Fsp3) is 0.350. The number of para-hydroxylation sites is 1. The topological polar surface area (TPSA) is 78.1 Å². The Morgan fingerprint density at radius 3 is 2.70 bits per heavy atom. The first-order valence-corrected chi connectivity index (χ1v) is 10.8. The number of aromatic nitrogens is 2. The zero-order chi connectivity index (χ0) is 18.9. The number of piperidine rings is 1. The SMILES string of the molecule is CCc1cccc(NS(=O)(=O)N2CCC(c3c[nH]c4ccccc34)CC2)n1. The van der Waals surface area contributed by atoms with Gasteiger partial charge in [-0.1, -0.05) is 31.2 Å². The van der Waals surface area contributed by atoms with Crippen molar-refractivity contribution >= 4 is 26.9 Å². The first-order valence-electron chi connectivity index (χ1n) is 9.36. The van der Waals surface area contributed by atoms with Gasteiger partial charge in [0.25, 0.3) is 0 Å². The first-order chi connectivity index (χ1) is 13.1. The fourth-order valence-electron chi connectivity index (χ4n) is 3.77. The molecule has 0 saturated carbocycles. The predicted octanol–water partition coefficient (Wildman–Crippen LogP) is 3.66. The minimum absolute atomic E-state index is 0.370. The van der Waals surface area contributed by atoms with Crippen molar-refractivity contribution in [2.75, 3.05) is 17.8 Å². The van der Waals surface area contributed by atoms with Gasteiger partial charge in [0.05, 0.1) is 0 Å². The van der Waals surface area contributed by atoms with E-state index in [0.717, 1.165) is 30.5 Å². The monoisotopic (exact) mass is 384 g/mol. The molecule has 0 aliphatic carbocycles. The molecule has 1 fully saturated rings. The summed E-state index contributed by atoms with van der Waals surface area (Å²) in [6, 6.07) is 13.7. The van der Waals surface area contributed by atoms with Crippen molar-refractivity contribution in [1.29, 1.82) is 0 Å². The molecule has 7 heteroatoms. The lowest BCUT2D eigenvalue weighted by atomic mass is 9.90. The molecule has 4 rings (SSSR count). The third kappa shape index (κ3) is 3.70. The van der Waals surface area contributed by atoms with E-state index in [4.69, 9.17) is 0 Å². The van der Waals surface area contributed by atoms with Crippen LogP contribution in [0.25, 0.3) is 10.9 Å². The zero-order valence-electron chi connectivity index (χ0n) is 15.4. The molecule has 142 valence electrons. The number of aryl methyl sites for hydroxylation is 1. The molecule has 0 bridgehead atoms. The van der Waals surface area contributed by atoms with Crippen LogP contribution in [-0.2, 0) is 16.6 Å². The van der Waals surface area contributed by atoms with Gasteiger partial charge in [-0.15, -0.1) is 0 Å². The van der Waals surface area contributed by atoms with E-state index in [1.165, 1.54) is 15.3 Å². The minimum atomic E-state index is -3.58. The highest BCUT2D eigenvalue weighted by Crippen LogP contribution is 2.33. The predicted molar refractivity (Wildman–Crippen MR) is 108 cm³/mol. The second-order valence-electron chi connectivity index (χ2n) is 6.94. The second-order valence-corrected chi connectivity index (χ2v) is 8.61. The van der Waals surface area contributed by atoms with Crippen LogP contribution in [0.2, 0.25) is 0 Å². The van der Waals surface area contributed by atoms with E-state index < -0.39 is 10.2 Å². The number of hydrogen-bond donors (Lipinski definition) is 2. The van der Waals surface area contributed by atoms with Crippen LogP contribution in [0.4, 0.5) is 5.82 Å². The van der Waals surface area contributed by atoms with Crippen molar-refractivity contribution in [1.82, 2.24) is 14.3 Å². The molecule has 0 amide bonds. The second kappa shape index (κ2) is 7.32. The highest BCUT2D eigenvalue weighted by atomic mass is 32.2. The van der Waals surface area contributed by atoms with Gasteiger partial charge in [0.15, 0.2) is 0 Å². The summed E-state index contributed by atoms with van der Waals surface area (Å²) in [7, 11) is -3.58. The normalized spacial score (nSPS) is 16.6. The van der Waals surface area contributed by atoms with Gasteiger partial charge in [-0.3, -0.25) is 4.72 Å². The molecule has 1 aliphatic rings. The molecular formula is C20H24N4O2S. The standard InChI is InChI=1S/C20H24N4O2S/c1-2-16-6-5-9-20(22-16)23-27(25,26)24-12-10-15(11-13-24)18-14-21-19-8-4-3-7-17(18)19/h3-9,14-15,21H,2,10-13H2,1H3,(H,22,23). The van der Waals surface area contributed by atoms with Crippen molar-refractivity contribution < 1.29 is 8.42 Å². The van der Waals surface area contributed by atoms with Crippen LogP contribution in [0, 0.1) is 0 Å². The molecule has 0 spiro atoms. The van der Waals surface area contributed by atoms with Gasteiger partial charge < -0.3 is 4.98 Å². The summed E-state index contributed by atoms with van der Waals surface area (Å²) in [5.74, 6) is 0.752. The molecule has 1 aromatic carbocycles. The number of H-pyrrole nitrogens is 1. The van der Waals surface area contributed by atoms with Crippen LogP contribution >= 0.6 is 0 Å². The Bertz CT molecular complexity index is 1040. The van der Waals surface area contributed by atoms with E-state index in [2.05, 4.69) is 33.0 Å². The van der Waals surface area contributed by atoms with Crippen molar-refractivity contribution in [3.8, 4) is 0 Å². The van der Waals surface area contributed by atoms with Crippen LogP contribution in [0.15, 0.2) is 48.7 Å². The maximum absolute atomic E-state index is 12.7. The molecule has 6 nitrogen and oxygen atoms in total. The molecular weight excluding hydrogens is 360 g/mol. The zero-order valence-corrected chi connectivity index (χ0v) is 16.2. The first kappa shape index (κ1) is 18.0. The van der Waals surface area contributed by atoms with Crippen molar-refractivity contribution in [2.45, 2.75) is 32.1 Å². The highest BCUT2D eigenvalue weighted by Gasteiger charge is 2.29. The Hall–Kier alpha value is -2.38. The van der Waals surface area contributed by atoms with Gasteiger partial charge in [0.1, 0.15) is 5.82 Å². The third-order valence-electron chi connectivity index (χ3n) is 5.26. The largest absolute Gasteiger partial charge is 0.361 e. The van der Waals surface area contributed by atoms with Crippen LogP contribution in [0.3, 0.4) is 0 Å². The summed E-state index contributed by atoms with van der Waals surface area (Å²) in [4.78, 5) is 7.66. The van der Waals surface area contributed by atoms with Crippen LogP contribution in [0.1, 0.15) is 36.9 Å². The van der Waals surface area contributed by atoms with Gasteiger partial charge in [0.2, 0.25) is 0 Å². The quantitative estimate of drug-likeness (QED) is 0.705. The van der Waals surface area contributed by atoms with E-state index in [1.807, 2.05) is 31.2 Å². The summed E-state index contributed by atoms with van der Waals surface area (Å²) < 4.78 is 29.6. The number of anilines is 1. The Morgan fingerprint density at radius 1 is 1.15 bits per heavy atom. The maximum atomic E-state index is 12.7. The van der Waals surface area contributed by atoms with E-state index in [9.17, 15) is 8.42 Å². The summed E-state index contributed by atoms with van der Waals surface area (Å²) >= 11 is 0. The summed E-state index contributed by atoms with van der Waals surface area (Å²) in [6.07, 6.45) is 4.46. The summed E-state index contributed by atoms with van der Waals surface area (Å²) in [5, 5.41) is 1.23. The van der Waals surface area contributed by atoms with Gasteiger partial charge in [0, 0.05) is 35.9 Å². The van der Waals surface area contributed by atoms with Crippen molar-refractivity contribution in [3.63, 3.8) is 0 Å².